The highest BCUT2D eigenvalue weighted by molar-refractivity contribution is 7.98. The molecule has 0 bridgehead atoms. The van der Waals surface area contributed by atoms with E-state index in [1.807, 2.05) is 0 Å². The van der Waals surface area contributed by atoms with Crippen molar-refractivity contribution in [2.45, 2.75) is 63.7 Å². The fraction of sp³-hybridized carbons (Fsp3) is 0.700. The molecule has 35 heavy (non-hydrogen) atoms. The lowest BCUT2D eigenvalue weighted by molar-refractivity contribution is -0.143. The summed E-state index contributed by atoms with van der Waals surface area (Å²) in [7, 11) is 0. The number of hydrogen-bond donors (Lipinski definition) is 8. The number of carboxylic acids is 1. The molecule has 0 saturated carbocycles. The Balaban J connectivity index is 5.37. The predicted molar refractivity (Wildman–Crippen MR) is 133 cm³/mol. The minimum atomic E-state index is -1.38. The number of carbonyl (C=O) groups excluding carboxylic acids is 4. The highest BCUT2D eigenvalue weighted by Gasteiger charge is 2.31. The van der Waals surface area contributed by atoms with E-state index in [0.29, 0.717) is 12.2 Å². The van der Waals surface area contributed by atoms with E-state index in [4.69, 9.17) is 22.9 Å². The van der Waals surface area contributed by atoms with Gasteiger partial charge in [-0.1, -0.05) is 13.8 Å². The van der Waals surface area contributed by atoms with Gasteiger partial charge in [0.15, 0.2) is 5.96 Å². The molecule has 12 N–H and O–H groups in total. The van der Waals surface area contributed by atoms with Gasteiger partial charge in [-0.2, -0.15) is 11.8 Å². The molecule has 0 fully saturated rings. The minimum Gasteiger partial charge on any atom is -0.480 e. The van der Waals surface area contributed by atoms with Gasteiger partial charge in [-0.25, -0.2) is 4.79 Å². The van der Waals surface area contributed by atoms with Crippen LogP contribution in [0.3, 0.4) is 0 Å². The molecule has 4 unspecified atom stereocenters. The molecular formula is C20H38N8O6S. The number of primary amides is 1. The molecule has 0 rings (SSSR count). The van der Waals surface area contributed by atoms with E-state index >= 15 is 0 Å². The molecule has 0 spiro atoms. The molecule has 0 radical (unpaired) electrons. The zero-order valence-electron chi connectivity index (χ0n) is 20.3. The highest BCUT2D eigenvalue weighted by Crippen LogP contribution is 2.07. The molecule has 0 aliphatic rings. The Morgan fingerprint density at radius 1 is 0.914 bits per heavy atom. The van der Waals surface area contributed by atoms with Crippen molar-refractivity contribution in [3.8, 4) is 0 Å². The van der Waals surface area contributed by atoms with Crippen molar-refractivity contribution >= 4 is 47.3 Å². The Bertz CT molecular complexity index is 775. The van der Waals surface area contributed by atoms with Crippen LogP contribution in [0.4, 0.5) is 0 Å². The van der Waals surface area contributed by atoms with Gasteiger partial charge in [-0.15, -0.1) is 0 Å². The number of thioether (sulfide) groups is 1. The van der Waals surface area contributed by atoms with Crippen LogP contribution in [0.25, 0.3) is 0 Å². The maximum Gasteiger partial charge on any atom is 0.326 e. The first-order valence-electron chi connectivity index (χ1n) is 11.0. The number of guanidine groups is 1. The second-order valence-corrected chi connectivity index (χ2v) is 9.18. The molecule has 0 heterocycles. The predicted octanol–water partition coefficient (Wildman–Crippen LogP) is -2.81. The largest absolute Gasteiger partial charge is 0.480 e. The lowest BCUT2D eigenvalue weighted by Gasteiger charge is -2.25. The van der Waals surface area contributed by atoms with Crippen LogP contribution in [0, 0.1) is 5.92 Å². The summed E-state index contributed by atoms with van der Waals surface area (Å²) >= 11 is 1.42. The van der Waals surface area contributed by atoms with E-state index in [1.165, 1.54) is 11.8 Å². The van der Waals surface area contributed by atoms with Crippen LogP contribution >= 0.6 is 11.8 Å². The summed E-state index contributed by atoms with van der Waals surface area (Å²) in [4.78, 5) is 64.8. The highest BCUT2D eigenvalue weighted by atomic mass is 32.2. The Labute approximate surface area is 208 Å². The van der Waals surface area contributed by atoms with Crippen molar-refractivity contribution in [2.24, 2.45) is 33.8 Å². The second kappa shape index (κ2) is 16.5. The molecule has 0 aromatic rings. The zero-order valence-corrected chi connectivity index (χ0v) is 21.1. The number of amides is 4. The van der Waals surface area contributed by atoms with Gasteiger partial charge in [-0.3, -0.25) is 24.2 Å². The number of aliphatic imine (C=N–C) groups is 1. The van der Waals surface area contributed by atoms with E-state index in [0.717, 1.165) is 0 Å². The van der Waals surface area contributed by atoms with Crippen LogP contribution in [0.1, 0.15) is 39.5 Å². The van der Waals surface area contributed by atoms with Crippen molar-refractivity contribution in [2.75, 3.05) is 18.6 Å². The first-order valence-corrected chi connectivity index (χ1v) is 12.4. The lowest BCUT2D eigenvalue weighted by atomic mass is 10.0. The van der Waals surface area contributed by atoms with Crippen molar-refractivity contribution < 1.29 is 29.1 Å². The number of rotatable bonds is 17. The molecule has 4 amide bonds. The summed E-state index contributed by atoms with van der Waals surface area (Å²) < 4.78 is 0. The van der Waals surface area contributed by atoms with Crippen LogP contribution in [-0.2, 0) is 24.0 Å². The third-order valence-corrected chi connectivity index (χ3v) is 5.46. The van der Waals surface area contributed by atoms with Gasteiger partial charge in [0.05, 0.1) is 12.5 Å². The molecule has 4 atom stereocenters. The summed E-state index contributed by atoms with van der Waals surface area (Å²) in [5.41, 5.74) is 21.5. The number of carboxylic acid groups (broad SMARTS) is 1. The fourth-order valence-corrected chi connectivity index (χ4v) is 3.36. The molecule has 14 nitrogen and oxygen atoms in total. The molecule has 0 aromatic carbocycles. The third-order valence-electron chi connectivity index (χ3n) is 4.82. The molecule has 0 aliphatic carbocycles. The molecule has 0 aromatic heterocycles. The normalized spacial score (nSPS) is 14.2. The van der Waals surface area contributed by atoms with Crippen molar-refractivity contribution in [3.05, 3.63) is 0 Å². The van der Waals surface area contributed by atoms with Crippen LogP contribution in [0.2, 0.25) is 0 Å². The monoisotopic (exact) mass is 518 g/mol. The number of nitrogens with two attached hydrogens (primary N) is 4. The standard InChI is InChI=1S/C20H38N8O6S/c1-10(2)15(19(33)34)28-17(31)12(6-8-35-3)26-18(32)13(9-14(22)29)27-16(30)11(21)5-4-7-25-20(23)24/h10-13,15H,4-9,21H2,1-3H3,(H2,22,29)(H,26,32)(H,27,30)(H,28,31)(H,33,34)(H4,23,24,25). The van der Waals surface area contributed by atoms with Crippen LogP contribution in [0.5, 0.6) is 0 Å². The number of carbonyl (C=O) groups is 5. The van der Waals surface area contributed by atoms with Gasteiger partial charge < -0.3 is 44.0 Å². The summed E-state index contributed by atoms with van der Waals surface area (Å²) in [6.07, 6.45) is 2.06. The van der Waals surface area contributed by atoms with Crippen LogP contribution < -0.4 is 38.9 Å². The van der Waals surface area contributed by atoms with E-state index in [2.05, 4.69) is 20.9 Å². The number of nitrogens with one attached hydrogen (secondary N) is 3. The quantitative estimate of drug-likeness (QED) is 0.0556. The maximum absolute atomic E-state index is 12.9. The number of hydrogen-bond acceptors (Lipinski definition) is 8. The van der Waals surface area contributed by atoms with E-state index in [1.54, 1.807) is 20.1 Å². The summed E-state index contributed by atoms with van der Waals surface area (Å²) in [6.45, 7) is 3.52. The van der Waals surface area contributed by atoms with Crippen LogP contribution in [-0.4, -0.2) is 83.4 Å². The van der Waals surface area contributed by atoms with E-state index < -0.39 is 66.1 Å². The average molecular weight is 519 g/mol. The first-order chi connectivity index (χ1) is 16.3. The third kappa shape index (κ3) is 13.4. The molecule has 200 valence electrons. The number of nitrogens with zero attached hydrogens (tertiary/aromatic N) is 1. The zero-order chi connectivity index (χ0) is 27.1. The van der Waals surface area contributed by atoms with Gasteiger partial charge in [0.2, 0.25) is 23.6 Å². The topological polar surface area (TPSA) is 258 Å². The smallest absolute Gasteiger partial charge is 0.326 e. The van der Waals surface area contributed by atoms with E-state index in [-0.39, 0.29) is 25.3 Å². The van der Waals surface area contributed by atoms with E-state index in [9.17, 15) is 29.1 Å². The summed E-state index contributed by atoms with van der Waals surface area (Å²) in [5.74, 6) is -4.32. The van der Waals surface area contributed by atoms with Crippen molar-refractivity contribution in [3.63, 3.8) is 0 Å². The number of aliphatic carboxylic acids is 1. The SMILES string of the molecule is CSCCC(NC(=O)C(CC(N)=O)NC(=O)C(N)CCCN=C(N)N)C(=O)NC(C(=O)O)C(C)C. The van der Waals surface area contributed by atoms with Crippen molar-refractivity contribution in [1.29, 1.82) is 0 Å². The summed E-state index contributed by atoms with van der Waals surface area (Å²) in [6, 6.07) is -4.65. The van der Waals surface area contributed by atoms with Gasteiger partial charge in [0.1, 0.15) is 18.1 Å². The Morgan fingerprint density at radius 2 is 1.49 bits per heavy atom. The first kappa shape index (κ1) is 31.9. The van der Waals surface area contributed by atoms with Gasteiger partial charge >= 0.3 is 5.97 Å². The summed E-state index contributed by atoms with van der Waals surface area (Å²) in [5, 5.41) is 16.6. The van der Waals surface area contributed by atoms with Crippen LogP contribution in [0.15, 0.2) is 4.99 Å². The van der Waals surface area contributed by atoms with Gasteiger partial charge in [0.25, 0.3) is 0 Å². The molecule has 0 aliphatic heterocycles. The Kier molecular flexibility index (Phi) is 15.1. The average Bonchev–Trinajstić information content (AvgIpc) is 2.75. The second-order valence-electron chi connectivity index (χ2n) is 8.20. The Morgan fingerprint density at radius 3 is 1.97 bits per heavy atom. The molecular weight excluding hydrogens is 480 g/mol. The van der Waals surface area contributed by atoms with Gasteiger partial charge in [0, 0.05) is 6.54 Å². The Hall–Kier alpha value is -3.07. The maximum atomic E-state index is 12.9. The lowest BCUT2D eigenvalue weighted by Crippen LogP contribution is -2.58. The molecule has 15 heteroatoms. The minimum absolute atomic E-state index is 0.0932. The van der Waals surface area contributed by atoms with Crippen molar-refractivity contribution in [1.82, 2.24) is 16.0 Å². The van der Waals surface area contributed by atoms with Gasteiger partial charge in [-0.05, 0) is 37.2 Å². The molecule has 0 saturated heterocycles. The fourth-order valence-electron chi connectivity index (χ4n) is 2.88.